The summed E-state index contributed by atoms with van der Waals surface area (Å²) in [6, 6.07) is 7.17. The predicted molar refractivity (Wildman–Crippen MR) is 110 cm³/mol. The molecule has 0 saturated carbocycles. The van der Waals surface area contributed by atoms with Crippen LogP contribution in [0.1, 0.15) is 57.6 Å². The highest BCUT2D eigenvalue weighted by molar-refractivity contribution is 5.66. The van der Waals surface area contributed by atoms with E-state index in [1.54, 1.807) is 13.0 Å². The number of halogens is 3. The monoisotopic (exact) mass is 422 g/mol. The molecule has 1 heterocycles. The van der Waals surface area contributed by atoms with E-state index in [0.717, 1.165) is 38.7 Å². The first-order chi connectivity index (χ1) is 14.5. The van der Waals surface area contributed by atoms with Crippen LogP contribution in [-0.2, 0) is 9.47 Å². The molecule has 0 amide bonds. The van der Waals surface area contributed by atoms with Crippen LogP contribution < -0.4 is 4.74 Å². The summed E-state index contributed by atoms with van der Waals surface area (Å²) < 4.78 is 60.1. The summed E-state index contributed by atoms with van der Waals surface area (Å²) in [6.07, 6.45) is 4.77. The SMILES string of the molecule is CCCCCOC1CCC(c2ccc(-c3ccc(OCC)c(F)c3F)c(F)c2)OC1. The van der Waals surface area contributed by atoms with Gasteiger partial charge in [0.2, 0.25) is 5.82 Å². The molecule has 0 bridgehead atoms. The van der Waals surface area contributed by atoms with E-state index in [1.165, 1.54) is 24.3 Å². The first kappa shape index (κ1) is 22.6. The van der Waals surface area contributed by atoms with Gasteiger partial charge in [0.25, 0.3) is 0 Å². The zero-order chi connectivity index (χ0) is 21.5. The van der Waals surface area contributed by atoms with Gasteiger partial charge in [-0.1, -0.05) is 31.9 Å². The van der Waals surface area contributed by atoms with Gasteiger partial charge in [0.15, 0.2) is 11.6 Å². The second-order valence-electron chi connectivity index (χ2n) is 7.51. The lowest BCUT2D eigenvalue weighted by molar-refractivity contribution is -0.0873. The molecule has 1 aliphatic rings. The number of unbranched alkanes of at least 4 members (excludes halogenated alkanes) is 2. The lowest BCUT2D eigenvalue weighted by Crippen LogP contribution is -2.28. The van der Waals surface area contributed by atoms with Crippen LogP contribution in [0.3, 0.4) is 0 Å². The third kappa shape index (κ3) is 5.35. The molecule has 1 aliphatic heterocycles. The van der Waals surface area contributed by atoms with Crippen LogP contribution in [0.15, 0.2) is 30.3 Å². The summed E-state index contributed by atoms with van der Waals surface area (Å²) in [5.74, 6) is -3.03. The normalized spacial score (nSPS) is 19.1. The molecule has 6 heteroatoms. The van der Waals surface area contributed by atoms with Crippen molar-refractivity contribution in [3.63, 3.8) is 0 Å². The molecule has 2 unspecified atom stereocenters. The Labute approximate surface area is 176 Å². The zero-order valence-corrected chi connectivity index (χ0v) is 17.6. The topological polar surface area (TPSA) is 27.7 Å². The second-order valence-corrected chi connectivity index (χ2v) is 7.51. The van der Waals surface area contributed by atoms with E-state index in [1.807, 2.05) is 0 Å². The minimum Gasteiger partial charge on any atom is -0.491 e. The zero-order valence-electron chi connectivity index (χ0n) is 17.6. The van der Waals surface area contributed by atoms with Gasteiger partial charge in [-0.05, 0) is 49.9 Å². The molecule has 3 nitrogen and oxygen atoms in total. The summed E-state index contributed by atoms with van der Waals surface area (Å²) in [5.41, 5.74) is 0.559. The minimum absolute atomic E-state index is 0.00569. The van der Waals surface area contributed by atoms with Crippen molar-refractivity contribution in [3.05, 3.63) is 53.3 Å². The highest BCUT2D eigenvalue weighted by Crippen LogP contribution is 2.35. The van der Waals surface area contributed by atoms with Crippen molar-refractivity contribution in [3.8, 4) is 16.9 Å². The first-order valence-electron chi connectivity index (χ1n) is 10.7. The molecular weight excluding hydrogens is 393 g/mol. The third-order valence-electron chi connectivity index (χ3n) is 5.34. The van der Waals surface area contributed by atoms with Crippen molar-refractivity contribution in [2.75, 3.05) is 19.8 Å². The van der Waals surface area contributed by atoms with Crippen LogP contribution >= 0.6 is 0 Å². The molecular formula is C24H29F3O3. The maximum atomic E-state index is 14.8. The van der Waals surface area contributed by atoms with Crippen molar-refractivity contribution >= 4 is 0 Å². The van der Waals surface area contributed by atoms with Gasteiger partial charge in [-0.2, -0.15) is 4.39 Å². The van der Waals surface area contributed by atoms with Crippen molar-refractivity contribution in [2.45, 2.75) is 58.2 Å². The lowest BCUT2D eigenvalue weighted by atomic mass is 9.96. The van der Waals surface area contributed by atoms with Gasteiger partial charge in [-0.25, -0.2) is 8.78 Å². The molecule has 3 rings (SSSR count). The first-order valence-corrected chi connectivity index (χ1v) is 10.7. The van der Waals surface area contributed by atoms with Crippen molar-refractivity contribution < 1.29 is 27.4 Å². The van der Waals surface area contributed by atoms with E-state index in [-0.39, 0.29) is 35.7 Å². The van der Waals surface area contributed by atoms with E-state index < -0.39 is 17.5 Å². The Balaban J connectivity index is 1.66. The van der Waals surface area contributed by atoms with E-state index in [4.69, 9.17) is 14.2 Å². The fraction of sp³-hybridized carbons (Fsp3) is 0.500. The molecule has 0 aromatic heterocycles. The Bertz CT molecular complexity index is 833. The molecule has 0 spiro atoms. The van der Waals surface area contributed by atoms with Gasteiger partial charge < -0.3 is 14.2 Å². The predicted octanol–water partition coefficient (Wildman–Crippen LogP) is 6.60. The Morgan fingerprint density at radius 3 is 2.43 bits per heavy atom. The second kappa shape index (κ2) is 10.8. The Morgan fingerprint density at radius 2 is 1.77 bits per heavy atom. The summed E-state index contributed by atoms with van der Waals surface area (Å²) >= 11 is 0. The number of hydrogen-bond acceptors (Lipinski definition) is 3. The molecule has 164 valence electrons. The molecule has 30 heavy (non-hydrogen) atoms. The van der Waals surface area contributed by atoms with Crippen molar-refractivity contribution in [1.82, 2.24) is 0 Å². The Hall–Kier alpha value is -2.05. The summed E-state index contributed by atoms with van der Waals surface area (Å²) in [5, 5.41) is 0. The maximum absolute atomic E-state index is 14.8. The number of rotatable bonds is 9. The van der Waals surface area contributed by atoms with E-state index in [2.05, 4.69) is 6.92 Å². The molecule has 0 radical (unpaired) electrons. The average molecular weight is 422 g/mol. The maximum Gasteiger partial charge on any atom is 0.201 e. The lowest BCUT2D eigenvalue weighted by Gasteiger charge is -2.29. The van der Waals surface area contributed by atoms with Crippen LogP contribution in [0, 0.1) is 17.5 Å². The molecule has 0 aliphatic carbocycles. The molecule has 1 fully saturated rings. The van der Waals surface area contributed by atoms with Crippen LogP contribution in [-0.4, -0.2) is 25.9 Å². The largest absolute Gasteiger partial charge is 0.491 e. The summed E-state index contributed by atoms with van der Waals surface area (Å²) in [6.45, 7) is 5.25. The van der Waals surface area contributed by atoms with Gasteiger partial charge in [0.1, 0.15) is 5.82 Å². The molecule has 2 atom stereocenters. The third-order valence-corrected chi connectivity index (χ3v) is 5.34. The molecule has 2 aromatic carbocycles. The fourth-order valence-electron chi connectivity index (χ4n) is 3.68. The smallest absolute Gasteiger partial charge is 0.201 e. The van der Waals surface area contributed by atoms with Crippen molar-refractivity contribution in [1.29, 1.82) is 0 Å². The fourth-order valence-corrected chi connectivity index (χ4v) is 3.68. The standard InChI is InChI=1S/C24H29F3O3/c1-3-5-6-13-29-17-8-11-21(30-15-17)16-7-9-18(20(25)14-16)19-10-12-22(28-4-2)24(27)23(19)26/h7,9-10,12,14,17,21H,3-6,8,11,13,15H2,1-2H3. The van der Waals surface area contributed by atoms with Gasteiger partial charge in [0.05, 0.1) is 25.4 Å². The Kier molecular flexibility index (Phi) is 8.16. The highest BCUT2D eigenvalue weighted by Gasteiger charge is 2.25. The summed E-state index contributed by atoms with van der Waals surface area (Å²) in [7, 11) is 0. The van der Waals surface area contributed by atoms with Gasteiger partial charge in [-0.3, -0.25) is 0 Å². The van der Waals surface area contributed by atoms with Gasteiger partial charge in [-0.15, -0.1) is 0 Å². The van der Waals surface area contributed by atoms with E-state index in [0.29, 0.717) is 12.2 Å². The average Bonchev–Trinajstić information content (AvgIpc) is 2.76. The number of hydrogen-bond donors (Lipinski definition) is 0. The number of ether oxygens (including phenoxy) is 3. The minimum atomic E-state index is -1.12. The Morgan fingerprint density at radius 1 is 0.967 bits per heavy atom. The molecule has 1 saturated heterocycles. The molecule has 0 N–H and O–H groups in total. The number of benzene rings is 2. The van der Waals surface area contributed by atoms with E-state index in [9.17, 15) is 13.2 Å². The van der Waals surface area contributed by atoms with E-state index >= 15 is 0 Å². The van der Waals surface area contributed by atoms with Gasteiger partial charge in [0, 0.05) is 17.7 Å². The van der Waals surface area contributed by atoms with Crippen LogP contribution in [0.5, 0.6) is 5.75 Å². The molecule has 2 aromatic rings. The van der Waals surface area contributed by atoms with Crippen LogP contribution in [0.4, 0.5) is 13.2 Å². The van der Waals surface area contributed by atoms with Crippen LogP contribution in [0.25, 0.3) is 11.1 Å². The summed E-state index contributed by atoms with van der Waals surface area (Å²) in [4.78, 5) is 0. The van der Waals surface area contributed by atoms with Gasteiger partial charge >= 0.3 is 0 Å². The van der Waals surface area contributed by atoms with Crippen molar-refractivity contribution in [2.24, 2.45) is 0 Å². The highest BCUT2D eigenvalue weighted by atomic mass is 19.2. The van der Waals surface area contributed by atoms with Crippen LogP contribution in [0.2, 0.25) is 0 Å². The quantitative estimate of drug-likeness (QED) is 0.426.